The fourth-order valence-corrected chi connectivity index (χ4v) is 2.02. The summed E-state index contributed by atoms with van der Waals surface area (Å²) in [4.78, 5) is 11.5. The van der Waals surface area contributed by atoms with Gasteiger partial charge in [0.1, 0.15) is 0 Å². The number of likely N-dealkylation sites (N-methyl/N-ethyl adjacent to an activating group) is 1. The fraction of sp³-hybridized carbons (Fsp3) is 0.333. The number of anilines is 1. The molecular formula is C15H20N4O. The van der Waals surface area contributed by atoms with Crippen molar-refractivity contribution in [2.45, 2.75) is 19.9 Å². The lowest BCUT2D eigenvalue weighted by molar-refractivity contribution is -0.119. The van der Waals surface area contributed by atoms with Crippen LogP contribution in [0.3, 0.4) is 0 Å². The van der Waals surface area contributed by atoms with Crippen LogP contribution < -0.4 is 10.6 Å². The van der Waals surface area contributed by atoms with E-state index < -0.39 is 0 Å². The number of nitrogens with one attached hydrogen (secondary N) is 2. The van der Waals surface area contributed by atoms with Crippen molar-refractivity contribution in [2.75, 3.05) is 12.4 Å². The highest BCUT2D eigenvalue weighted by atomic mass is 16.1. The van der Waals surface area contributed by atoms with E-state index in [1.807, 2.05) is 49.1 Å². The minimum Gasteiger partial charge on any atom is -0.381 e. The van der Waals surface area contributed by atoms with E-state index in [2.05, 4.69) is 15.7 Å². The average molecular weight is 272 g/mol. The number of aromatic nitrogens is 2. The van der Waals surface area contributed by atoms with Crippen LogP contribution in [0, 0.1) is 6.92 Å². The SMILES string of the molecule is CNC(=O)Cc1ccccc1NCc1cnn(C)c1C. The van der Waals surface area contributed by atoms with Crippen LogP contribution in [0.1, 0.15) is 16.8 Å². The predicted octanol–water partition coefficient (Wildman–Crippen LogP) is 1.63. The van der Waals surface area contributed by atoms with Gasteiger partial charge in [0, 0.05) is 37.6 Å². The van der Waals surface area contributed by atoms with Gasteiger partial charge in [-0.25, -0.2) is 0 Å². The molecule has 1 aromatic carbocycles. The molecule has 5 heteroatoms. The van der Waals surface area contributed by atoms with Crippen molar-refractivity contribution < 1.29 is 4.79 Å². The predicted molar refractivity (Wildman–Crippen MR) is 79.5 cm³/mol. The number of carbonyl (C=O) groups is 1. The Morgan fingerprint density at radius 2 is 2.05 bits per heavy atom. The highest BCUT2D eigenvalue weighted by Crippen LogP contribution is 2.17. The molecule has 2 rings (SSSR count). The summed E-state index contributed by atoms with van der Waals surface area (Å²) in [5.41, 5.74) is 4.27. The van der Waals surface area contributed by atoms with Crippen LogP contribution in [0.5, 0.6) is 0 Å². The number of amides is 1. The summed E-state index contributed by atoms with van der Waals surface area (Å²) in [5.74, 6) is 0.0109. The van der Waals surface area contributed by atoms with Crippen LogP contribution in [0.2, 0.25) is 0 Å². The molecule has 20 heavy (non-hydrogen) atoms. The first-order valence-electron chi connectivity index (χ1n) is 6.61. The van der Waals surface area contributed by atoms with Crippen molar-refractivity contribution >= 4 is 11.6 Å². The summed E-state index contributed by atoms with van der Waals surface area (Å²) in [6, 6.07) is 7.86. The first-order valence-corrected chi connectivity index (χ1v) is 6.61. The maximum absolute atomic E-state index is 11.5. The van der Waals surface area contributed by atoms with Crippen molar-refractivity contribution in [3.63, 3.8) is 0 Å². The van der Waals surface area contributed by atoms with E-state index in [-0.39, 0.29) is 5.91 Å². The van der Waals surface area contributed by atoms with Gasteiger partial charge in [-0.3, -0.25) is 9.48 Å². The molecule has 0 fully saturated rings. The lowest BCUT2D eigenvalue weighted by Crippen LogP contribution is -2.20. The summed E-state index contributed by atoms with van der Waals surface area (Å²) in [5, 5.41) is 10.3. The third-order valence-electron chi connectivity index (χ3n) is 3.45. The number of para-hydroxylation sites is 1. The molecule has 0 bridgehead atoms. The minimum atomic E-state index is 0.0109. The number of aryl methyl sites for hydroxylation is 1. The van der Waals surface area contributed by atoms with E-state index in [9.17, 15) is 4.79 Å². The van der Waals surface area contributed by atoms with Crippen molar-refractivity contribution in [3.05, 3.63) is 47.3 Å². The molecule has 0 aliphatic rings. The van der Waals surface area contributed by atoms with Crippen molar-refractivity contribution in [3.8, 4) is 0 Å². The molecule has 106 valence electrons. The summed E-state index contributed by atoms with van der Waals surface area (Å²) < 4.78 is 1.85. The molecule has 0 saturated heterocycles. The molecule has 1 amide bonds. The highest BCUT2D eigenvalue weighted by molar-refractivity contribution is 5.80. The Balaban J connectivity index is 2.09. The Hall–Kier alpha value is -2.30. The van der Waals surface area contributed by atoms with Crippen LogP contribution in [0.25, 0.3) is 0 Å². The van der Waals surface area contributed by atoms with Crippen LogP contribution >= 0.6 is 0 Å². The summed E-state index contributed by atoms with van der Waals surface area (Å²) >= 11 is 0. The third-order valence-corrected chi connectivity index (χ3v) is 3.45. The molecule has 0 spiro atoms. The Labute approximate surface area is 119 Å². The van der Waals surface area contributed by atoms with Crippen LogP contribution in [0.4, 0.5) is 5.69 Å². The van der Waals surface area contributed by atoms with Gasteiger partial charge in [-0.05, 0) is 18.6 Å². The number of hydrogen-bond donors (Lipinski definition) is 2. The summed E-state index contributed by atoms with van der Waals surface area (Å²) in [6.07, 6.45) is 2.25. The van der Waals surface area contributed by atoms with Crippen molar-refractivity contribution in [2.24, 2.45) is 7.05 Å². The quantitative estimate of drug-likeness (QED) is 0.869. The molecule has 1 aromatic heterocycles. The molecular weight excluding hydrogens is 252 g/mol. The van der Waals surface area contributed by atoms with E-state index in [1.54, 1.807) is 7.05 Å². The molecule has 2 aromatic rings. The smallest absolute Gasteiger partial charge is 0.224 e. The second kappa shape index (κ2) is 6.23. The number of hydrogen-bond acceptors (Lipinski definition) is 3. The molecule has 0 radical (unpaired) electrons. The van der Waals surface area contributed by atoms with Gasteiger partial charge < -0.3 is 10.6 Å². The Bertz CT molecular complexity index is 604. The molecule has 5 nitrogen and oxygen atoms in total. The lowest BCUT2D eigenvalue weighted by atomic mass is 10.1. The molecule has 0 atom stereocenters. The van der Waals surface area contributed by atoms with E-state index in [4.69, 9.17) is 0 Å². The van der Waals surface area contributed by atoms with Gasteiger partial charge in [-0.2, -0.15) is 5.10 Å². The highest BCUT2D eigenvalue weighted by Gasteiger charge is 2.08. The maximum atomic E-state index is 11.5. The van der Waals surface area contributed by atoms with Gasteiger partial charge in [-0.1, -0.05) is 18.2 Å². The Kier molecular flexibility index (Phi) is 4.40. The van der Waals surface area contributed by atoms with Crippen LogP contribution in [-0.4, -0.2) is 22.7 Å². The zero-order valence-corrected chi connectivity index (χ0v) is 12.1. The molecule has 1 heterocycles. The van der Waals surface area contributed by atoms with E-state index in [1.165, 1.54) is 0 Å². The van der Waals surface area contributed by atoms with Gasteiger partial charge >= 0.3 is 0 Å². The lowest BCUT2D eigenvalue weighted by Gasteiger charge is -2.11. The second-order valence-corrected chi connectivity index (χ2v) is 4.74. The fourth-order valence-electron chi connectivity index (χ4n) is 2.02. The van der Waals surface area contributed by atoms with E-state index in [0.29, 0.717) is 13.0 Å². The Morgan fingerprint density at radius 1 is 1.30 bits per heavy atom. The summed E-state index contributed by atoms with van der Waals surface area (Å²) in [7, 11) is 3.58. The molecule has 2 N–H and O–H groups in total. The van der Waals surface area contributed by atoms with Gasteiger partial charge in [0.25, 0.3) is 0 Å². The normalized spacial score (nSPS) is 10.3. The standard InChI is InChI=1S/C15H20N4O/c1-11-13(10-18-19(11)3)9-17-14-7-5-4-6-12(14)8-15(20)16-2/h4-7,10,17H,8-9H2,1-3H3,(H,16,20). The number of carbonyl (C=O) groups excluding carboxylic acids is 1. The van der Waals surface area contributed by atoms with Gasteiger partial charge in [0.05, 0.1) is 12.6 Å². The first kappa shape index (κ1) is 14.1. The zero-order valence-electron chi connectivity index (χ0n) is 12.1. The van der Waals surface area contributed by atoms with Crippen molar-refractivity contribution in [1.29, 1.82) is 0 Å². The monoisotopic (exact) mass is 272 g/mol. The second-order valence-electron chi connectivity index (χ2n) is 4.74. The molecule has 0 unspecified atom stereocenters. The van der Waals surface area contributed by atoms with Crippen LogP contribution in [0.15, 0.2) is 30.5 Å². The minimum absolute atomic E-state index is 0.0109. The van der Waals surface area contributed by atoms with E-state index in [0.717, 1.165) is 22.5 Å². The largest absolute Gasteiger partial charge is 0.381 e. The first-order chi connectivity index (χ1) is 9.61. The van der Waals surface area contributed by atoms with Crippen molar-refractivity contribution in [1.82, 2.24) is 15.1 Å². The third kappa shape index (κ3) is 3.17. The number of benzene rings is 1. The van der Waals surface area contributed by atoms with Crippen LogP contribution in [-0.2, 0) is 24.8 Å². The zero-order chi connectivity index (χ0) is 14.5. The number of nitrogens with zero attached hydrogens (tertiary/aromatic N) is 2. The Morgan fingerprint density at radius 3 is 2.70 bits per heavy atom. The summed E-state index contributed by atoms with van der Waals surface area (Å²) in [6.45, 7) is 2.74. The van der Waals surface area contributed by atoms with Gasteiger partial charge in [0.15, 0.2) is 0 Å². The number of rotatable bonds is 5. The molecule has 0 aliphatic heterocycles. The van der Waals surface area contributed by atoms with E-state index >= 15 is 0 Å². The average Bonchev–Trinajstić information content (AvgIpc) is 2.78. The molecule has 0 saturated carbocycles. The van der Waals surface area contributed by atoms with Gasteiger partial charge in [0.2, 0.25) is 5.91 Å². The topological polar surface area (TPSA) is 59.0 Å². The maximum Gasteiger partial charge on any atom is 0.224 e. The van der Waals surface area contributed by atoms with Gasteiger partial charge in [-0.15, -0.1) is 0 Å². The molecule has 0 aliphatic carbocycles.